The largest absolute Gasteiger partial charge is 0.495 e. The maximum Gasteiger partial charge on any atom is 0.319 e. The summed E-state index contributed by atoms with van der Waals surface area (Å²) < 4.78 is 5.07. The van der Waals surface area contributed by atoms with Crippen molar-refractivity contribution in [3.63, 3.8) is 0 Å². The first-order valence-corrected chi connectivity index (χ1v) is 5.93. The lowest BCUT2D eigenvalue weighted by Crippen LogP contribution is -2.34. The van der Waals surface area contributed by atoms with Gasteiger partial charge in [-0.3, -0.25) is 4.79 Å². The number of benzene rings is 1. The van der Waals surface area contributed by atoms with E-state index in [0.29, 0.717) is 16.5 Å². The van der Waals surface area contributed by atoms with E-state index >= 15 is 0 Å². The van der Waals surface area contributed by atoms with Crippen LogP contribution in [0.1, 0.15) is 6.92 Å². The van der Waals surface area contributed by atoms with Gasteiger partial charge in [0, 0.05) is 11.6 Å². The molecule has 1 atom stereocenters. The summed E-state index contributed by atoms with van der Waals surface area (Å²) in [6, 6.07) is 4.28. The Balaban J connectivity index is 2.62. The molecule has 104 valence electrons. The van der Waals surface area contributed by atoms with Gasteiger partial charge in [-0.2, -0.15) is 0 Å². The molecule has 0 heterocycles. The molecule has 1 unspecified atom stereocenters. The van der Waals surface area contributed by atoms with Gasteiger partial charge in [0.1, 0.15) is 5.75 Å². The van der Waals surface area contributed by atoms with Crippen LogP contribution in [-0.2, 0) is 4.79 Å². The number of urea groups is 1. The molecule has 7 heteroatoms. The summed E-state index contributed by atoms with van der Waals surface area (Å²) in [6.07, 6.45) is 0. The lowest BCUT2D eigenvalue weighted by Gasteiger charge is -2.12. The van der Waals surface area contributed by atoms with Crippen LogP contribution < -0.4 is 15.4 Å². The molecule has 1 aromatic carbocycles. The number of anilines is 1. The zero-order chi connectivity index (χ0) is 14.4. The van der Waals surface area contributed by atoms with Crippen LogP contribution in [0.2, 0.25) is 5.02 Å². The number of carbonyl (C=O) groups excluding carboxylic acids is 1. The van der Waals surface area contributed by atoms with E-state index in [4.69, 9.17) is 21.4 Å². The standard InChI is InChI=1S/C12H15ClN2O4/c1-7(11(16)17)6-14-12(18)15-9-5-8(13)3-4-10(9)19-2/h3-5,7H,6H2,1-2H3,(H,16,17)(H2,14,15,18). The van der Waals surface area contributed by atoms with Crippen molar-refractivity contribution >= 4 is 29.3 Å². The normalized spacial score (nSPS) is 11.5. The molecule has 0 aliphatic heterocycles. The first-order chi connectivity index (χ1) is 8.93. The van der Waals surface area contributed by atoms with Crippen molar-refractivity contribution in [3.05, 3.63) is 23.2 Å². The maximum absolute atomic E-state index is 11.6. The Morgan fingerprint density at radius 1 is 1.47 bits per heavy atom. The zero-order valence-corrected chi connectivity index (χ0v) is 11.3. The molecule has 19 heavy (non-hydrogen) atoms. The zero-order valence-electron chi connectivity index (χ0n) is 10.6. The van der Waals surface area contributed by atoms with Crippen LogP contribution in [0, 0.1) is 5.92 Å². The Kier molecular flexibility index (Phi) is 5.44. The van der Waals surface area contributed by atoms with Gasteiger partial charge in [-0.25, -0.2) is 4.79 Å². The molecule has 1 rings (SSSR count). The Hall–Kier alpha value is -1.95. The second-order valence-corrected chi connectivity index (χ2v) is 4.36. The summed E-state index contributed by atoms with van der Waals surface area (Å²) in [6.45, 7) is 1.53. The molecule has 0 saturated heterocycles. The fraction of sp³-hybridized carbons (Fsp3) is 0.333. The van der Waals surface area contributed by atoms with Gasteiger partial charge in [0.2, 0.25) is 0 Å². The fourth-order valence-corrected chi connectivity index (χ4v) is 1.45. The van der Waals surface area contributed by atoms with E-state index in [1.807, 2.05) is 0 Å². The average Bonchev–Trinajstić information content (AvgIpc) is 2.36. The van der Waals surface area contributed by atoms with Crippen molar-refractivity contribution in [2.24, 2.45) is 5.92 Å². The number of carboxylic acid groups (broad SMARTS) is 1. The van der Waals surface area contributed by atoms with Gasteiger partial charge in [-0.1, -0.05) is 18.5 Å². The molecule has 2 amide bonds. The molecular weight excluding hydrogens is 272 g/mol. The molecule has 3 N–H and O–H groups in total. The summed E-state index contributed by atoms with van der Waals surface area (Å²) in [4.78, 5) is 22.2. The number of carboxylic acids is 1. The minimum atomic E-state index is -0.972. The second kappa shape index (κ2) is 6.84. The fourth-order valence-electron chi connectivity index (χ4n) is 1.28. The maximum atomic E-state index is 11.6. The van der Waals surface area contributed by atoms with E-state index < -0.39 is 17.9 Å². The van der Waals surface area contributed by atoms with Crippen LogP contribution in [0.15, 0.2) is 18.2 Å². The SMILES string of the molecule is COc1ccc(Cl)cc1NC(=O)NCC(C)C(=O)O. The highest BCUT2D eigenvalue weighted by Crippen LogP contribution is 2.27. The van der Waals surface area contributed by atoms with E-state index in [-0.39, 0.29) is 6.54 Å². The molecule has 0 aromatic heterocycles. The van der Waals surface area contributed by atoms with Gasteiger partial charge in [0.15, 0.2) is 0 Å². The van der Waals surface area contributed by atoms with Gasteiger partial charge in [0.05, 0.1) is 18.7 Å². The highest BCUT2D eigenvalue weighted by Gasteiger charge is 2.13. The first kappa shape index (κ1) is 15.1. The molecule has 6 nitrogen and oxygen atoms in total. The van der Waals surface area contributed by atoms with Crippen LogP contribution in [-0.4, -0.2) is 30.8 Å². The first-order valence-electron chi connectivity index (χ1n) is 5.55. The van der Waals surface area contributed by atoms with Crippen molar-refractivity contribution in [1.82, 2.24) is 5.32 Å². The van der Waals surface area contributed by atoms with Crippen LogP contribution in [0.25, 0.3) is 0 Å². The summed E-state index contributed by atoms with van der Waals surface area (Å²) in [7, 11) is 1.47. The Labute approximate surface area is 115 Å². The smallest absolute Gasteiger partial charge is 0.319 e. The second-order valence-electron chi connectivity index (χ2n) is 3.92. The highest BCUT2D eigenvalue weighted by atomic mass is 35.5. The molecule has 0 radical (unpaired) electrons. The van der Waals surface area contributed by atoms with Gasteiger partial charge in [-0.05, 0) is 18.2 Å². The third kappa shape index (κ3) is 4.67. The van der Waals surface area contributed by atoms with E-state index in [9.17, 15) is 9.59 Å². The van der Waals surface area contributed by atoms with Gasteiger partial charge < -0.3 is 20.5 Å². The summed E-state index contributed by atoms with van der Waals surface area (Å²) in [5, 5.41) is 14.1. The lowest BCUT2D eigenvalue weighted by atomic mass is 10.2. The molecular formula is C12H15ClN2O4. The molecule has 0 bridgehead atoms. The number of aliphatic carboxylic acids is 1. The number of hydrogen-bond donors (Lipinski definition) is 3. The van der Waals surface area contributed by atoms with E-state index in [0.717, 1.165) is 0 Å². The lowest BCUT2D eigenvalue weighted by molar-refractivity contribution is -0.140. The third-order valence-electron chi connectivity index (χ3n) is 2.40. The Morgan fingerprint density at radius 3 is 2.74 bits per heavy atom. The number of hydrogen-bond acceptors (Lipinski definition) is 3. The molecule has 0 aliphatic rings. The molecule has 0 fully saturated rings. The quantitative estimate of drug-likeness (QED) is 0.774. The van der Waals surface area contributed by atoms with Crippen LogP contribution in [0.3, 0.4) is 0 Å². The molecule has 1 aromatic rings. The topological polar surface area (TPSA) is 87.7 Å². The highest BCUT2D eigenvalue weighted by molar-refractivity contribution is 6.31. The van der Waals surface area contributed by atoms with Crippen LogP contribution in [0.4, 0.5) is 10.5 Å². The minimum Gasteiger partial charge on any atom is -0.495 e. The number of amides is 2. The number of halogens is 1. The summed E-state index contributed by atoms with van der Waals surface area (Å²) >= 11 is 5.82. The molecule has 0 spiro atoms. The van der Waals surface area contributed by atoms with Crippen molar-refractivity contribution in [1.29, 1.82) is 0 Å². The number of ether oxygens (including phenoxy) is 1. The summed E-state index contributed by atoms with van der Waals surface area (Å²) in [5.74, 6) is -1.17. The van der Waals surface area contributed by atoms with Gasteiger partial charge in [-0.15, -0.1) is 0 Å². The summed E-state index contributed by atoms with van der Waals surface area (Å²) in [5.41, 5.74) is 0.412. The van der Waals surface area contributed by atoms with Crippen molar-refractivity contribution in [2.45, 2.75) is 6.92 Å². The van der Waals surface area contributed by atoms with E-state index in [2.05, 4.69) is 10.6 Å². The monoisotopic (exact) mass is 286 g/mol. The molecule has 0 aliphatic carbocycles. The van der Waals surface area contributed by atoms with Crippen LogP contribution in [0.5, 0.6) is 5.75 Å². The predicted molar refractivity (Wildman–Crippen MR) is 71.8 cm³/mol. The average molecular weight is 287 g/mol. The van der Waals surface area contributed by atoms with Crippen molar-refractivity contribution in [3.8, 4) is 5.75 Å². The third-order valence-corrected chi connectivity index (χ3v) is 2.64. The number of rotatable bonds is 5. The molecule has 0 saturated carbocycles. The van der Waals surface area contributed by atoms with E-state index in [1.165, 1.54) is 14.0 Å². The Bertz CT molecular complexity index is 479. The number of nitrogens with one attached hydrogen (secondary N) is 2. The predicted octanol–water partition coefficient (Wildman–Crippen LogP) is 2.19. The van der Waals surface area contributed by atoms with Crippen molar-refractivity contribution in [2.75, 3.05) is 19.0 Å². The minimum absolute atomic E-state index is 0.0318. The number of carbonyl (C=O) groups is 2. The Morgan fingerprint density at radius 2 is 2.16 bits per heavy atom. The van der Waals surface area contributed by atoms with Gasteiger partial charge >= 0.3 is 12.0 Å². The number of methoxy groups -OCH3 is 1. The van der Waals surface area contributed by atoms with Crippen molar-refractivity contribution < 1.29 is 19.4 Å². The van der Waals surface area contributed by atoms with E-state index in [1.54, 1.807) is 18.2 Å². The van der Waals surface area contributed by atoms with Gasteiger partial charge in [0.25, 0.3) is 0 Å². The van der Waals surface area contributed by atoms with Crippen LogP contribution >= 0.6 is 11.6 Å².